The first-order valence-corrected chi connectivity index (χ1v) is 5.84. The summed E-state index contributed by atoms with van der Waals surface area (Å²) in [6, 6.07) is 8.08. The van der Waals surface area contributed by atoms with Crippen LogP contribution >= 0.6 is 0 Å². The maximum absolute atomic E-state index is 11.5. The summed E-state index contributed by atoms with van der Waals surface area (Å²) in [5.41, 5.74) is 3.22. The molecule has 0 atom stereocenters. The van der Waals surface area contributed by atoms with Crippen LogP contribution in [0.1, 0.15) is 18.1 Å². The van der Waals surface area contributed by atoms with Crippen LogP contribution in [0, 0.1) is 0 Å². The lowest BCUT2D eigenvalue weighted by Crippen LogP contribution is -2.03. The minimum Gasteiger partial charge on any atom is -0.463 e. The third-order valence-electron chi connectivity index (χ3n) is 2.72. The Morgan fingerprint density at radius 1 is 1.47 bits per heavy atom. The summed E-state index contributed by atoms with van der Waals surface area (Å²) in [7, 11) is 0. The minimum atomic E-state index is -0.303. The smallest absolute Gasteiger partial charge is 0.331 e. The highest BCUT2D eigenvalue weighted by atomic mass is 16.5. The lowest BCUT2D eigenvalue weighted by molar-refractivity contribution is -0.137. The van der Waals surface area contributed by atoms with Crippen molar-refractivity contribution in [3.8, 4) is 0 Å². The molecule has 1 aliphatic heterocycles. The Morgan fingerprint density at radius 2 is 2.29 bits per heavy atom. The summed E-state index contributed by atoms with van der Waals surface area (Å²) in [6.45, 7) is 3.35. The van der Waals surface area contributed by atoms with Gasteiger partial charge >= 0.3 is 5.97 Å². The molecule has 3 nitrogen and oxygen atoms in total. The van der Waals surface area contributed by atoms with Gasteiger partial charge in [-0.05, 0) is 30.0 Å². The Morgan fingerprint density at radius 3 is 3.12 bits per heavy atom. The third-order valence-corrected chi connectivity index (χ3v) is 2.72. The average Bonchev–Trinajstić information content (AvgIpc) is 2.53. The number of hydrogen-bond acceptors (Lipinski definition) is 3. The molecule has 90 valence electrons. The molecular formula is C14H16O3. The van der Waals surface area contributed by atoms with E-state index in [9.17, 15) is 4.79 Å². The van der Waals surface area contributed by atoms with Crippen LogP contribution < -0.4 is 0 Å². The number of hydrogen-bond donors (Lipinski definition) is 0. The standard InChI is InChI=1S/C14H16O3/c1-2-17-14(15)9-12-10-16-8-7-11-5-3-4-6-13(11)12/h3-6,9H,2,7-8,10H2,1H3/b12-9-. The van der Waals surface area contributed by atoms with Crippen LogP contribution in [-0.4, -0.2) is 25.8 Å². The van der Waals surface area contributed by atoms with E-state index in [-0.39, 0.29) is 5.97 Å². The zero-order valence-electron chi connectivity index (χ0n) is 9.94. The first-order valence-electron chi connectivity index (χ1n) is 5.84. The number of carbonyl (C=O) groups is 1. The second kappa shape index (κ2) is 5.64. The molecule has 1 heterocycles. The molecule has 0 saturated heterocycles. The van der Waals surface area contributed by atoms with Crippen molar-refractivity contribution in [2.24, 2.45) is 0 Å². The van der Waals surface area contributed by atoms with Gasteiger partial charge in [0.1, 0.15) is 0 Å². The second-order valence-corrected chi connectivity index (χ2v) is 3.88. The monoisotopic (exact) mass is 232 g/mol. The Balaban J connectivity index is 2.31. The van der Waals surface area contributed by atoms with Gasteiger partial charge in [0.25, 0.3) is 0 Å². The fraction of sp³-hybridized carbons (Fsp3) is 0.357. The molecule has 1 aliphatic rings. The Hall–Kier alpha value is -1.61. The van der Waals surface area contributed by atoms with E-state index in [1.807, 2.05) is 18.2 Å². The molecule has 0 N–H and O–H groups in total. The predicted octanol–water partition coefficient (Wildman–Crippen LogP) is 2.21. The molecule has 0 saturated carbocycles. The Bertz CT molecular complexity index is 435. The summed E-state index contributed by atoms with van der Waals surface area (Å²) in [4.78, 5) is 11.5. The van der Waals surface area contributed by atoms with E-state index in [0.29, 0.717) is 19.8 Å². The summed E-state index contributed by atoms with van der Waals surface area (Å²) in [6.07, 6.45) is 2.42. The molecule has 0 spiro atoms. The fourth-order valence-corrected chi connectivity index (χ4v) is 1.94. The lowest BCUT2D eigenvalue weighted by Gasteiger charge is -2.07. The van der Waals surface area contributed by atoms with Crippen molar-refractivity contribution >= 4 is 11.5 Å². The van der Waals surface area contributed by atoms with Gasteiger partial charge < -0.3 is 9.47 Å². The quantitative estimate of drug-likeness (QED) is 0.579. The number of fused-ring (bicyclic) bond motifs is 1. The van der Waals surface area contributed by atoms with E-state index in [0.717, 1.165) is 17.6 Å². The molecule has 0 unspecified atom stereocenters. The van der Waals surface area contributed by atoms with Crippen LogP contribution in [0.4, 0.5) is 0 Å². The van der Waals surface area contributed by atoms with Crippen molar-refractivity contribution in [2.75, 3.05) is 19.8 Å². The molecule has 0 amide bonds. The third kappa shape index (κ3) is 2.94. The summed E-state index contributed by atoms with van der Waals surface area (Å²) in [5, 5.41) is 0. The van der Waals surface area contributed by atoms with Crippen molar-refractivity contribution in [1.82, 2.24) is 0 Å². The number of esters is 1. The van der Waals surface area contributed by atoms with Crippen molar-refractivity contribution in [2.45, 2.75) is 13.3 Å². The van der Waals surface area contributed by atoms with Crippen molar-refractivity contribution < 1.29 is 14.3 Å². The molecule has 0 aliphatic carbocycles. The van der Waals surface area contributed by atoms with Crippen LogP contribution in [0.3, 0.4) is 0 Å². The van der Waals surface area contributed by atoms with Crippen LogP contribution in [0.15, 0.2) is 30.3 Å². The van der Waals surface area contributed by atoms with E-state index in [1.54, 1.807) is 6.92 Å². The van der Waals surface area contributed by atoms with E-state index in [2.05, 4.69) is 6.07 Å². The van der Waals surface area contributed by atoms with E-state index < -0.39 is 0 Å². The van der Waals surface area contributed by atoms with Crippen LogP contribution in [0.2, 0.25) is 0 Å². The maximum atomic E-state index is 11.5. The SMILES string of the molecule is CCOC(=O)/C=C1/COCCc2ccccc21. The van der Waals surface area contributed by atoms with Gasteiger partial charge in [-0.1, -0.05) is 24.3 Å². The summed E-state index contributed by atoms with van der Waals surface area (Å²) < 4.78 is 10.4. The van der Waals surface area contributed by atoms with Gasteiger partial charge in [0.05, 0.1) is 19.8 Å². The number of rotatable bonds is 2. The topological polar surface area (TPSA) is 35.5 Å². The van der Waals surface area contributed by atoms with Crippen molar-refractivity contribution in [3.05, 3.63) is 41.5 Å². The number of benzene rings is 1. The molecular weight excluding hydrogens is 216 g/mol. The van der Waals surface area contributed by atoms with Gasteiger partial charge in [-0.15, -0.1) is 0 Å². The Labute approximate surface area is 101 Å². The predicted molar refractivity (Wildman–Crippen MR) is 65.6 cm³/mol. The first-order chi connectivity index (χ1) is 8.31. The number of ether oxygens (including phenoxy) is 2. The molecule has 1 aromatic carbocycles. The van der Waals surface area contributed by atoms with E-state index in [1.165, 1.54) is 11.6 Å². The van der Waals surface area contributed by atoms with Gasteiger partial charge in [-0.3, -0.25) is 0 Å². The van der Waals surface area contributed by atoms with Crippen LogP contribution in [0.5, 0.6) is 0 Å². The summed E-state index contributed by atoms with van der Waals surface area (Å²) >= 11 is 0. The normalized spacial score (nSPS) is 17.4. The Kier molecular flexibility index (Phi) is 3.94. The zero-order chi connectivity index (χ0) is 12.1. The fourth-order valence-electron chi connectivity index (χ4n) is 1.94. The van der Waals surface area contributed by atoms with Crippen LogP contribution in [-0.2, 0) is 20.7 Å². The van der Waals surface area contributed by atoms with E-state index >= 15 is 0 Å². The summed E-state index contributed by atoms with van der Waals surface area (Å²) in [5.74, 6) is -0.303. The molecule has 0 fully saturated rings. The van der Waals surface area contributed by atoms with Gasteiger partial charge in [0.15, 0.2) is 0 Å². The van der Waals surface area contributed by atoms with Crippen molar-refractivity contribution in [3.63, 3.8) is 0 Å². The second-order valence-electron chi connectivity index (χ2n) is 3.88. The van der Waals surface area contributed by atoms with Crippen LogP contribution in [0.25, 0.3) is 5.57 Å². The molecule has 0 radical (unpaired) electrons. The minimum absolute atomic E-state index is 0.303. The largest absolute Gasteiger partial charge is 0.463 e. The highest BCUT2D eigenvalue weighted by Gasteiger charge is 2.13. The molecule has 3 heteroatoms. The highest BCUT2D eigenvalue weighted by molar-refractivity contribution is 5.92. The van der Waals surface area contributed by atoms with E-state index in [4.69, 9.17) is 9.47 Å². The van der Waals surface area contributed by atoms with Gasteiger partial charge in [-0.2, -0.15) is 0 Å². The number of carbonyl (C=O) groups excluding carboxylic acids is 1. The molecule has 17 heavy (non-hydrogen) atoms. The average molecular weight is 232 g/mol. The van der Waals surface area contributed by atoms with Crippen molar-refractivity contribution in [1.29, 1.82) is 0 Å². The van der Waals surface area contributed by atoms with Gasteiger partial charge in [-0.25, -0.2) is 4.79 Å². The molecule has 0 bridgehead atoms. The molecule has 1 aromatic rings. The maximum Gasteiger partial charge on any atom is 0.331 e. The molecule has 0 aromatic heterocycles. The highest BCUT2D eigenvalue weighted by Crippen LogP contribution is 2.23. The first kappa shape index (κ1) is 11.9. The van der Waals surface area contributed by atoms with Gasteiger partial charge in [0.2, 0.25) is 0 Å². The van der Waals surface area contributed by atoms with Gasteiger partial charge in [0, 0.05) is 6.08 Å². The lowest BCUT2D eigenvalue weighted by atomic mass is 9.99. The zero-order valence-corrected chi connectivity index (χ0v) is 9.94. The molecule has 2 rings (SSSR count).